The Morgan fingerprint density at radius 1 is 1.23 bits per heavy atom. The number of H-pyrrole nitrogens is 1. The van der Waals surface area contributed by atoms with Crippen LogP contribution in [-0.4, -0.2) is 23.8 Å². The first-order valence-corrected chi connectivity index (χ1v) is 10.6. The van der Waals surface area contributed by atoms with Crippen LogP contribution in [0.3, 0.4) is 0 Å². The number of anilines is 2. The molecular formula is C18H12ClN7O2S2. The van der Waals surface area contributed by atoms with Crippen molar-refractivity contribution in [2.24, 2.45) is 0 Å². The first-order chi connectivity index (χ1) is 14.5. The van der Waals surface area contributed by atoms with Gasteiger partial charge in [0.15, 0.2) is 11.0 Å². The summed E-state index contributed by atoms with van der Waals surface area (Å²) >= 11 is 7.21. The highest BCUT2D eigenvalue weighted by atomic mass is 35.5. The van der Waals surface area contributed by atoms with Crippen molar-refractivity contribution in [1.82, 2.24) is 19.6 Å². The fourth-order valence-corrected chi connectivity index (χ4v) is 4.17. The third-order valence-electron chi connectivity index (χ3n) is 3.95. The number of rotatable bonds is 6. The number of nitrogens with one attached hydrogen (secondary N) is 2. The van der Waals surface area contributed by atoms with Crippen molar-refractivity contribution in [3.8, 4) is 28.7 Å². The Hall–Kier alpha value is -3.46. The van der Waals surface area contributed by atoms with Gasteiger partial charge in [-0.15, -0.1) is 0 Å². The molecule has 150 valence electrons. The van der Waals surface area contributed by atoms with Crippen LogP contribution in [0.1, 0.15) is 5.56 Å². The second-order valence-electron chi connectivity index (χ2n) is 5.83. The topological polar surface area (TPSA) is 143 Å². The fourth-order valence-electron chi connectivity index (χ4n) is 2.59. The van der Waals surface area contributed by atoms with Crippen molar-refractivity contribution >= 4 is 45.1 Å². The zero-order valence-electron chi connectivity index (χ0n) is 15.0. The van der Waals surface area contributed by atoms with E-state index in [1.54, 1.807) is 36.5 Å². The van der Waals surface area contributed by atoms with Gasteiger partial charge in [0.1, 0.15) is 29.7 Å². The molecule has 4 rings (SSSR count). The molecular weight excluding hydrogens is 446 g/mol. The van der Waals surface area contributed by atoms with E-state index in [0.29, 0.717) is 43.5 Å². The zero-order chi connectivity index (χ0) is 21.1. The summed E-state index contributed by atoms with van der Waals surface area (Å²) in [5.74, 6) is 1.08. The Morgan fingerprint density at radius 2 is 2.07 bits per heavy atom. The molecule has 30 heavy (non-hydrogen) atoms. The monoisotopic (exact) mass is 457 g/mol. The molecule has 0 aliphatic carbocycles. The maximum Gasteiger partial charge on any atom is 0.214 e. The van der Waals surface area contributed by atoms with Gasteiger partial charge in [0, 0.05) is 27.7 Å². The summed E-state index contributed by atoms with van der Waals surface area (Å²) in [4.78, 5) is 4.32. The molecule has 1 unspecified atom stereocenters. The predicted octanol–water partition coefficient (Wildman–Crippen LogP) is 3.96. The van der Waals surface area contributed by atoms with Gasteiger partial charge in [-0.25, -0.2) is 9.19 Å². The van der Waals surface area contributed by atoms with Gasteiger partial charge in [0.05, 0.1) is 16.7 Å². The maximum absolute atomic E-state index is 12.5. The van der Waals surface area contributed by atoms with Crippen LogP contribution in [0.4, 0.5) is 10.9 Å². The lowest BCUT2D eigenvalue weighted by Gasteiger charge is -2.13. The Bertz CT molecular complexity index is 1270. The zero-order valence-corrected chi connectivity index (χ0v) is 17.4. The van der Waals surface area contributed by atoms with Crippen molar-refractivity contribution < 1.29 is 8.95 Å². The van der Waals surface area contributed by atoms with Crippen molar-refractivity contribution in [1.29, 1.82) is 5.26 Å². The van der Waals surface area contributed by atoms with Crippen molar-refractivity contribution in [3.63, 3.8) is 0 Å². The third-order valence-corrected chi connectivity index (χ3v) is 5.95. The van der Waals surface area contributed by atoms with Crippen LogP contribution in [0.15, 0.2) is 53.8 Å². The second-order valence-corrected chi connectivity index (χ2v) is 8.26. The van der Waals surface area contributed by atoms with Gasteiger partial charge >= 0.3 is 0 Å². The SMILES string of the molecule is N#Cc1cc(S(=O)Nc2ncns2)ccc1Oc1ccc(Cl)cc1-c1cn[nH]c1N. The molecule has 9 nitrogen and oxygen atoms in total. The van der Waals surface area contributed by atoms with Crippen LogP contribution in [0.2, 0.25) is 5.02 Å². The van der Waals surface area contributed by atoms with E-state index in [9.17, 15) is 9.47 Å². The summed E-state index contributed by atoms with van der Waals surface area (Å²) in [6, 6.07) is 11.8. The molecule has 0 saturated heterocycles. The lowest BCUT2D eigenvalue weighted by Crippen LogP contribution is -2.05. The van der Waals surface area contributed by atoms with E-state index in [1.807, 2.05) is 0 Å². The number of nitriles is 1. The van der Waals surface area contributed by atoms with Gasteiger partial charge in [-0.2, -0.15) is 14.7 Å². The Balaban J connectivity index is 1.65. The summed E-state index contributed by atoms with van der Waals surface area (Å²) in [5, 5.41) is 17.1. The van der Waals surface area contributed by atoms with Gasteiger partial charge in [-0.05, 0) is 36.4 Å². The largest absolute Gasteiger partial charge is 0.455 e. The number of ether oxygens (including phenoxy) is 1. The number of hydrogen-bond acceptors (Lipinski definition) is 8. The Morgan fingerprint density at radius 3 is 2.77 bits per heavy atom. The van der Waals surface area contributed by atoms with Crippen molar-refractivity contribution in [3.05, 3.63) is 59.5 Å². The van der Waals surface area contributed by atoms with Gasteiger partial charge in [-0.3, -0.25) is 9.82 Å². The molecule has 0 aliphatic heterocycles. The number of aromatic nitrogens is 4. The molecule has 2 aromatic carbocycles. The van der Waals surface area contributed by atoms with Crippen LogP contribution in [0, 0.1) is 11.3 Å². The highest BCUT2D eigenvalue weighted by molar-refractivity contribution is 7.86. The summed E-state index contributed by atoms with van der Waals surface area (Å²) < 4.78 is 25.0. The highest BCUT2D eigenvalue weighted by Crippen LogP contribution is 2.38. The van der Waals surface area contributed by atoms with E-state index in [2.05, 4.69) is 30.3 Å². The number of nitrogens with zero attached hydrogens (tertiary/aromatic N) is 4. The minimum Gasteiger partial charge on any atom is -0.455 e. The molecule has 12 heteroatoms. The van der Waals surface area contributed by atoms with E-state index >= 15 is 0 Å². The number of hydrogen-bond donors (Lipinski definition) is 3. The van der Waals surface area contributed by atoms with E-state index in [1.165, 1.54) is 12.4 Å². The molecule has 4 N–H and O–H groups in total. The third kappa shape index (κ3) is 4.11. The van der Waals surface area contributed by atoms with Crippen LogP contribution in [0.25, 0.3) is 11.1 Å². The minimum absolute atomic E-state index is 0.209. The van der Waals surface area contributed by atoms with E-state index in [4.69, 9.17) is 22.1 Å². The number of nitrogens with two attached hydrogens (primary N) is 1. The average molecular weight is 458 g/mol. The lowest BCUT2D eigenvalue weighted by atomic mass is 10.1. The first kappa shape index (κ1) is 19.8. The highest BCUT2D eigenvalue weighted by Gasteiger charge is 2.16. The molecule has 0 saturated carbocycles. The van der Waals surface area contributed by atoms with E-state index in [-0.39, 0.29) is 5.56 Å². The second kappa shape index (κ2) is 8.50. The standard InChI is InChI=1S/C18H12ClN7O2S2/c19-11-1-3-16(13(6-11)14-8-23-25-17(14)21)28-15-4-2-12(5-10(15)7-20)30(27)26-18-22-9-24-29-18/h1-6,8-9H,(H3,21,23,25)(H,22,24,26). The molecule has 1 atom stereocenters. The fraction of sp³-hybridized carbons (Fsp3) is 0. The van der Waals surface area contributed by atoms with Crippen molar-refractivity contribution in [2.75, 3.05) is 10.5 Å². The van der Waals surface area contributed by atoms with Gasteiger partial charge < -0.3 is 10.5 Å². The molecule has 0 bridgehead atoms. The number of aromatic amines is 1. The molecule has 2 aromatic heterocycles. The number of nitrogen functional groups attached to an aromatic ring is 1. The maximum atomic E-state index is 12.5. The summed E-state index contributed by atoms with van der Waals surface area (Å²) in [7, 11) is -1.61. The first-order valence-electron chi connectivity index (χ1n) is 8.31. The van der Waals surface area contributed by atoms with Crippen LogP contribution < -0.4 is 15.2 Å². The average Bonchev–Trinajstić information content (AvgIpc) is 3.41. The Labute approximate surface area is 182 Å². The number of benzene rings is 2. The van der Waals surface area contributed by atoms with Crippen LogP contribution >= 0.6 is 23.1 Å². The number of halogens is 1. The summed E-state index contributed by atoms with van der Waals surface area (Å²) in [6.07, 6.45) is 2.92. The lowest BCUT2D eigenvalue weighted by molar-refractivity contribution is 0.482. The quantitative estimate of drug-likeness (QED) is 0.397. The van der Waals surface area contributed by atoms with Gasteiger partial charge in [0.25, 0.3) is 0 Å². The summed E-state index contributed by atoms with van der Waals surface area (Å²) in [5.41, 5.74) is 7.37. The predicted molar refractivity (Wildman–Crippen MR) is 115 cm³/mol. The molecule has 0 amide bonds. The smallest absolute Gasteiger partial charge is 0.214 e. The molecule has 0 fully saturated rings. The van der Waals surface area contributed by atoms with Crippen LogP contribution in [-0.2, 0) is 11.0 Å². The molecule has 0 radical (unpaired) electrons. The minimum atomic E-state index is -1.61. The normalized spacial score (nSPS) is 11.6. The van der Waals surface area contributed by atoms with Gasteiger partial charge in [-0.1, -0.05) is 11.6 Å². The molecule has 4 aromatic rings. The van der Waals surface area contributed by atoms with Gasteiger partial charge in [0.2, 0.25) is 5.13 Å². The van der Waals surface area contributed by atoms with Crippen LogP contribution in [0.5, 0.6) is 11.5 Å². The molecule has 0 aliphatic rings. The molecule has 2 heterocycles. The van der Waals surface area contributed by atoms with E-state index in [0.717, 1.165) is 11.5 Å². The van der Waals surface area contributed by atoms with Crippen molar-refractivity contribution in [2.45, 2.75) is 4.90 Å². The van der Waals surface area contributed by atoms with E-state index < -0.39 is 11.0 Å². The molecule has 0 spiro atoms. The summed E-state index contributed by atoms with van der Waals surface area (Å²) in [6.45, 7) is 0. The Kier molecular flexibility index (Phi) is 5.62.